The smallest absolute Gasteiger partial charge is 0.253 e. The first-order valence-electron chi connectivity index (χ1n) is 11.6. The largest absolute Gasteiger partial charge is 0.496 e. The normalized spacial score (nSPS) is 20.6. The van der Waals surface area contributed by atoms with E-state index in [1.807, 2.05) is 23.1 Å². The highest BCUT2D eigenvalue weighted by molar-refractivity contribution is 5.94. The van der Waals surface area contributed by atoms with Crippen LogP contribution in [0.5, 0.6) is 5.75 Å². The van der Waals surface area contributed by atoms with Crippen LogP contribution in [-0.4, -0.2) is 55.6 Å². The first-order chi connectivity index (χ1) is 15.2. The molecule has 0 aliphatic carbocycles. The fraction of sp³-hybridized carbons (Fsp3) is 0.500. The number of ether oxygens (including phenoxy) is 2. The number of amides is 1. The van der Waals surface area contributed by atoms with E-state index < -0.39 is 0 Å². The Morgan fingerprint density at radius 1 is 1.03 bits per heavy atom. The number of benzene rings is 2. The molecule has 31 heavy (non-hydrogen) atoms. The number of fused-ring (bicyclic) bond motifs is 2. The Kier molecular flexibility index (Phi) is 5.72. The van der Waals surface area contributed by atoms with Gasteiger partial charge in [-0.05, 0) is 74.5 Å². The molecule has 2 aromatic carbocycles. The van der Waals surface area contributed by atoms with E-state index in [1.165, 1.54) is 42.6 Å². The van der Waals surface area contributed by atoms with Crippen LogP contribution in [-0.2, 0) is 23.3 Å². The zero-order chi connectivity index (χ0) is 21.3. The van der Waals surface area contributed by atoms with Crippen LogP contribution in [0, 0.1) is 0 Å². The Hall–Kier alpha value is -2.37. The summed E-state index contributed by atoms with van der Waals surface area (Å²) in [7, 11) is 1.73. The van der Waals surface area contributed by atoms with Crippen molar-refractivity contribution in [2.24, 2.45) is 0 Å². The number of methoxy groups -OCH3 is 1. The SMILES string of the molecule is COc1cccc2c1C1(CCN(C(=O)c3ccc(CN4CCCC4)cc3)CC1)OCC2. The van der Waals surface area contributed by atoms with Crippen molar-refractivity contribution in [3.63, 3.8) is 0 Å². The van der Waals surface area contributed by atoms with E-state index in [4.69, 9.17) is 9.47 Å². The Balaban J connectivity index is 1.26. The molecule has 0 atom stereocenters. The van der Waals surface area contributed by atoms with Crippen molar-refractivity contribution >= 4 is 5.91 Å². The first kappa shape index (κ1) is 20.5. The fourth-order valence-corrected chi connectivity index (χ4v) is 5.50. The topological polar surface area (TPSA) is 42.0 Å². The van der Waals surface area contributed by atoms with Crippen LogP contribution in [0.4, 0.5) is 0 Å². The minimum atomic E-state index is -0.337. The van der Waals surface area contributed by atoms with Gasteiger partial charge in [-0.25, -0.2) is 0 Å². The van der Waals surface area contributed by atoms with Crippen molar-refractivity contribution in [3.8, 4) is 5.75 Å². The highest BCUT2D eigenvalue weighted by atomic mass is 16.5. The molecule has 5 rings (SSSR count). The number of carbonyl (C=O) groups excluding carboxylic acids is 1. The van der Waals surface area contributed by atoms with Crippen LogP contribution >= 0.6 is 0 Å². The number of likely N-dealkylation sites (tertiary alicyclic amines) is 2. The van der Waals surface area contributed by atoms with Gasteiger partial charge < -0.3 is 14.4 Å². The second-order valence-corrected chi connectivity index (χ2v) is 9.06. The lowest BCUT2D eigenvalue weighted by Crippen LogP contribution is -2.48. The van der Waals surface area contributed by atoms with E-state index in [0.717, 1.165) is 43.7 Å². The van der Waals surface area contributed by atoms with Crippen LogP contribution in [0.15, 0.2) is 42.5 Å². The average molecular weight is 421 g/mol. The Labute approximate surface area is 184 Å². The lowest BCUT2D eigenvalue weighted by atomic mass is 9.78. The Bertz CT molecular complexity index is 912. The molecule has 2 fully saturated rings. The lowest BCUT2D eigenvalue weighted by Gasteiger charge is -2.45. The van der Waals surface area contributed by atoms with E-state index in [2.05, 4.69) is 29.2 Å². The Morgan fingerprint density at radius 2 is 1.77 bits per heavy atom. The molecule has 5 nitrogen and oxygen atoms in total. The predicted octanol–water partition coefficient (Wildman–Crippen LogP) is 4.00. The summed E-state index contributed by atoms with van der Waals surface area (Å²) in [6, 6.07) is 14.5. The van der Waals surface area contributed by atoms with E-state index in [1.54, 1.807) is 7.11 Å². The van der Waals surface area contributed by atoms with Crippen LogP contribution in [0.25, 0.3) is 0 Å². The van der Waals surface area contributed by atoms with Gasteiger partial charge in [0, 0.05) is 30.8 Å². The Morgan fingerprint density at radius 3 is 2.48 bits per heavy atom. The van der Waals surface area contributed by atoms with Gasteiger partial charge in [0.1, 0.15) is 11.4 Å². The third-order valence-electron chi connectivity index (χ3n) is 7.20. The molecule has 1 spiro atoms. The van der Waals surface area contributed by atoms with Crippen molar-refractivity contribution in [2.75, 3.05) is 39.9 Å². The van der Waals surface area contributed by atoms with Gasteiger partial charge in [-0.15, -0.1) is 0 Å². The van der Waals surface area contributed by atoms with Crippen molar-refractivity contribution in [2.45, 2.75) is 44.2 Å². The third-order valence-corrected chi connectivity index (χ3v) is 7.20. The highest BCUT2D eigenvalue weighted by Gasteiger charge is 2.43. The van der Waals surface area contributed by atoms with Gasteiger partial charge in [-0.1, -0.05) is 24.3 Å². The first-order valence-corrected chi connectivity index (χ1v) is 11.6. The summed E-state index contributed by atoms with van der Waals surface area (Å²) >= 11 is 0. The van der Waals surface area contributed by atoms with Crippen molar-refractivity contribution < 1.29 is 14.3 Å². The maximum Gasteiger partial charge on any atom is 0.253 e. The molecule has 0 saturated carbocycles. The van der Waals surface area contributed by atoms with Crippen molar-refractivity contribution in [1.82, 2.24) is 9.80 Å². The molecule has 3 aliphatic rings. The van der Waals surface area contributed by atoms with Crippen LogP contribution in [0.2, 0.25) is 0 Å². The maximum absolute atomic E-state index is 13.1. The highest BCUT2D eigenvalue weighted by Crippen LogP contribution is 2.45. The molecule has 164 valence electrons. The summed E-state index contributed by atoms with van der Waals surface area (Å²) in [6.45, 7) is 5.49. The molecule has 5 heteroatoms. The maximum atomic E-state index is 13.1. The molecule has 0 unspecified atom stereocenters. The van der Waals surface area contributed by atoms with E-state index >= 15 is 0 Å². The second kappa shape index (κ2) is 8.64. The van der Waals surface area contributed by atoms with Crippen molar-refractivity contribution in [3.05, 3.63) is 64.7 Å². The van der Waals surface area contributed by atoms with Crippen LogP contribution in [0.1, 0.15) is 52.7 Å². The molecule has 0 aromatic heterocycles. The molecule has 0 radical (unpaired) electrons. The number of carbonyl (C=O) groups is 1. The number of nitrogens with zero attached hydrogens (tertiary/aromatic N) is 2. The monoisotopic (exact) mass is 420 g/mol. The molecule has 1 amide bonds. The van der Waals surface area contributed by atoms with Crippen LogP contribution < -0.4 is 4.74 Å². The summed E-state index contributed by atoms with van der Waals surface area (Å²) in [5.41, 5.74) is 4.25. The summed E-state index contributed by atoms with van der Waals surface area (Å²) in [6.07, 6.45) is 5.12. The van der Waals surface area contributed by atoms with Gasteiger partial charge in [-0.2, -0.15) is 0 Å². The molecule has 2 saturated heterocycles. The van der Waals surface area contributed by atoms with Gasteiger partial charge in [0.25, 0.3) is 5.91 Å². The van der Waals surface area contributed by atoms with Gasteiger partial charge in [0.2, 0.25) is 0 Å². The molecule has 3 heterocycles. The lowest BCUT2D eigenvalue weighted by molar-refractivity contribution is -0.0946. The number of rotatable bonds is 4. The zero-order valence-electron chi connectivity index (χ0n) is 18.4. The second-order valence-electron chi connectivity index (χ2n) is 9.06. The van der Waals surface area contributed by atoms with Gasteiger partial charge >= 0.3 is 0 Å². The molecular formula is C26H32N2O3. The average Bonchev–Trinajstić information content (AvgIpc) is 3.32. The summed E-state index contributed by atoms with van der Waals surface area (Å²) in [5.74, 6) is 1.03. The van der Waals surface area contributed by atoms with Crippen LogP contribution in [0.3, 0.4) is 0 Å². The number of hydrogen-bond acceptors (Lipinski definition) is 4. The summed E-state index contributed by atoms with van der Waals surface area (Å²) < 4.78 is 12.0. The minimum Gasteiger partial charge on any atom is -0.496 e. The summed E-state index contributed by atoms with van der Waals surface area (Å²) in [4.78, 5) is 17.6. The standard InChI is InChI=1S/C26H32N2O3/c1-30-23-6-4-5-21-11-18-31-26(24(21)23)12-16-28(17-13-26)25(29)22-9-7-20(8-10-22)19-27-14-2-3-15-27/h4-10H,2-3,11-19H2,1H3. The van der Waals surface area contributed by atoms with Gasteiger partial charge in [-0.3, -0.25) is 9.69 Å². The molecule has 0 bridgehead atoms. The fourth-order valence-electron chi connectivity index (χ4n) is 5.50. The number of hydrogen-bond donors (Lipinski definition) is 0. The predicted molar refractivity (Wildman–Crippen MR) is 120 cm³/mol. The molecule has 2 aromatic rings. The minimum absolute atomic E-state index is 0.124. The zero-order valence-corrected chi connectivity index (χ0v) is 18.4. The van der Waals surface area contributed by atoms with Gasteiger partial charge in [0.05, 0.1) is 13.7 Å². The summed E-state index contributed by atoms with van der Waals surface area (Å²) in [5, 5.41) is 0. The van der Waals surface area contributed by atoms with E-state index in [-0.39, 0.29) is 11.5 Å². The quantitative estimate of drug-likeness (QED) is 0.750. The molecular weight excluding hydrogens is 388 g/mol. The third kappa shape index (κ3) is 3.97. The van der Waals surface area contributed by atoms with Gasteiger partial charge in [0.15, 0.2) is 0 Å². The molecule has 3 aliphatic heterocycles. The molecule has 0 N–H and O–H groups in total. The number of piperidine rings is 1. The van der Waals surface area contributed by atoms with Crippen molar-refractivity contribution in [1.29, 1.82) is 0 Å². The van der Waals surface area contributed by atoms with E-state index in [0.29, 0.717) is 13.1 Å². The van der Waals surface area contributed by atoms with E-state index in [9.17, 15) is 4.79 Å².